The quantitative estimate of drug-likeness (QED) is 0.605. The Morgan fingerprint density at radius 3 is 2.74 bits per heavy atom. The molecule has 1 aromatic rings. The molecule has 2 rings (SSSR count). The van der Waals surface area contributed by atoms with Gasteiger partial charge in [0.05, 0.1) is 11.5 Å². The van der Waals surface area contributed by atoms with Crippen molar-refractivity contribution >= 4 is 16.0 Å². The topological polar surface area (TPSA) is 83.9 Å². The highest BCUT2D eigenvalue weighted by Crippen LogP contribution is 2.24. The van der Waals surface area contributed by atoms with Crippen LogP contribution in [0.5, 0.6) is 5.75 Å². The lowest BCUT2D eigenvalue weighted by Gasteiger charge is -2.22. The van der Waals surface area contributed by atoms with Crippen LogP contribution in [0.25, 0.3) is 0 Å². The number of ether oxygens (including phenoxy) is 1. The molecule has 1 heterocycles. The third-order valence-electron chi connectivity index (χ3n) is 3.35. The van der Waals surface area contributed by atoms with E-state index in [0.29, 0.717) is 13.0 Å². The molecule has 0 aliphatic carbocycles. The van der Waals surface area contributed by atoms with Gasteiger partial charge in [-0.25, -0.2) is 12.8 Å². The number of nitrogens with zero attached hydrogens (tertiary/aromatic N) is 1. The Bertz CT molecular complexity index is 702. The highest BCUT2D eigenvalue weighted by molar-refractivity contribution is 7.89. The molecule has 0 saturated heterocycles. The average molecular weight is 343 g/mol. The molecule has 0 aromatic heterocycles. The zero-order valence-corrected chi connectivity index (χ0v) is 13.3. The van der Waals surface area contributed by atoms with Gasteiger partial charge in [-0.1, -0.05) is 12.2 Å². The molecule has 0 fully saturated rings. The van der Waals surface area contributed by atoms with Crippen molar-refractivity contribution in [3.63, 3.8) is 0 Å². The molecule has 126 valence electrons. The Morgan fingerprint density at radius 1 is 1.35 bits per heavy atom. The Balaban J connectivity index is 2.06. The van der Waals surface area contributed by atoms with Gasteiger partial charge in [0.2, 0.25) is 10.0 Å². The van der Waals surface area contributed by atoms with E-state index < -0.39 is 21.8 Å². The number of carboxylic acid groups (broad SMARTS) is 1. The predicted molar refractivity (Wildman–Crippen MR) is 81.3 cm³/mol. The second kappa shape index (κ2) is 7.56. The number of benzene rings is 1. The minimum atomic E-state index is -3.73. The van der Waals surface area contributed by atoms with Crippen LogP contribution in [-0.4, -0.2) is 43.5 Å². The summed E-state index contributed by atoms with van der Waals surface area (Å²) in [5.74, 6) is -1.83. The molecule has 0 atom stereocenters. The number of hydrogen-bond acceptors (Lipinski definition) is 4. The lowest BCUT2D eigenvalue weighted by molar-refractivity contribution is -0.137. The van der Waals surface area contributed by atoms with Crippen LogP contribution in [0.2, 0.25) is 0 Å². The van der Waals surface area contributed by atoms with E-state index in [1.54, 1.807) is 6.08 Å². The zero-order valence-electron chi connectivity index (χ0n) is 12.4. The van der Waals surface area contributed by atoms with Gasteiger partial charge in [-0.15, -0.1) is 0 Å². The molecule has 8 heteroatoms. The maximum atomic E-state index is 14.0. The van der Waals surface area contributed by atoms with Crippen molar-refractivity contribution in [2.24, 2.45) is 0 Å². The lowest BCUT2D eigenvalue weighted by Crippen LogP contribution is -2.33. The number of carbonyl (C=O) groups is 1. The summed E-state index contributed by atoms with van der Waals surface area (Å²) in [4.78, 5) is 10.3. The van der Waals surface area contributed by atoms with Gasteiger partial charge in [0.1, 0.15) is 0 Å². The lowest BCUT2D eigenvalue weighted by atomic mass is 10.3. The first kappa shape index (κ1) is 17.4. The number of hydrogen-bond donors (Lipinski definition) is 1. The summed E-state index contributed by atoms with van der Waals surface area (Å²) in [6, 6.07) is 3.48. The van der Waals surface area contributed by atoms with Crippen molar-refractivity contribution in [3.05, 3.63) is 36.2 Å². The molecule has 1 aliphatic rings. The third kappa shape index (κ3) is 4.52. The highest BCUT2D eigenvalue weighted by atomic mass is 32.2. The molecule has 23 heavy (non-hydrogen) atoms. The molecule has 0 unspecified atom stereocenters. The summed E-state index contributed by atoms with van der Waals surface area (Å²) in [7, 11) is -3.73. The van der Waals surface area contributed by atoms with Gasteiger partial charge in [0.15, 0.2) is 11.6 Å². The molecule has 0 bridgehead atoms. The van der Waals surface area contributed by atoms with Crippen molar-refractivity contribution in [2.75, 3.05) is 19.7 Å². The van der Waals surface area contributed by atoms with Gasteiger partial charge in [0.25, 0.3) is 0 Å². The molecular weight excluding hydrogens is 325 g/mol. The Labute approximate surface area is 134 Å². The highest BCUT2D eigenvalue weighted by Gasteiger charge is 2.25. The summed E-state index contributed by atoms with van der Waals surface area (Å²) in [5, 5.41) is 8.51. The largest absolute Gasteiger partial charge is 0.491 e. The van der Waals surface area contributed by atoms with Gasteiger partial charge in [-0.2, -0.15) is 4.31 Å². The van der Waals surface area contributed by atoms with E-state index in [2.05, 4.69) is 0 Å². The van der Waals surface area contributed by atoms with Crippen molar-refractivity contribution in [1.29, 1.82) is 0 Å². The second-order valence-corrected chi connectivity index (χ2v) is 7.00. The molecular formula is C15H18FNO5S. The van der Waals surface area contributed by atoms with Crippen LogP contribution in [0.15, 0.2) is 35.2 Å². The molecule has 0 amide bonds. The molecule has 0 radical (unpaired) electrons. The molecule has 1 N–H and O–H groups in total. The summed E-state index contributed by atoms with van der Waals surface area (Å²) in [6.07, 6.45) is 4.47. The molecule has 0 spiro atoms. The van der Waals surface area contributed by atoms with E-state index in [-0.39, 0.29) is 36.6 Å². The minimum absolute atomic E-state index is 0.0479. The van der Waals surface area contributed by atoms with Crippen LogP contribution in [0.1, 0.15) is 19.3 Å². The monoisotopic (exact) mass is 343 g/mol. The van der Waals surface area contributed by atoms with Gasteiger partial charge in [0, 0.05) is 19.5 Å². The standard InChI is InChI=1S/C15H18FNO5S/c16-13-11-12(23(20,21)17-8-2-1-3-9-17)6-7-14(13)22-10-4-5-15(18)19/h1-2,6-7,11H,3-5,8-10H2,(H,18,19). The Kier molecular flexibility index (Phi) is 5.73. The average Bonchev–Trinajstić information content (AvgIpc) is 2.53. The van der Waals surface area contributed by atoms with Crippen LogP contribution in [0.3, 0.4) is 0 Å². The maximum absolute atomic E-state index is 14.0. The Hall–Kier alpha value is -1.93. The van der Waals surface area contributed by atoms with Gasteiger partial charge >= 0.3 is 5.97 Å². The smallest absolute Gasteiger partial charge is 0.303 e. The van der Waals surface area contributed by atoms with Gasteiger partial charge in [-0.3, -0.25) is 4.79 Å². The van der Waals surface area contributed by atoms with Crippen molar-refractivity contribution in [3.8, 4) is 5.75 Å². The summed E-state index contributed by atoms with van der Waals surface area (Å²) in [5.41, 5.74) is 0. The number of halogens is 1. The Morgan fingerprint density at radius 2 is 2.13 bits per heavy atom. The first-order valence-corrected chi connectivity index (χ1v) is 8.64. The fraction of sp³-hybridized carbons (Fsp3) is 0.400. The molecule has 1 aliphatic heterocycles. The van der Waals surface area contributed by atoms with Crippen molar-refractivity contribution in [2.45, 2.75) is 24.2 Å². The van der Waals surface area contributed by atoms with Crippen LogP contribution in [0, 0.1) is 5.82 Å². The fourth-order valence-corrected chi connectivity index (χ4v) is 3.57. The molecule has 1 aromatic carbocycles. The van der Waals surface area contributed by atoms with Crippen LogP contribution in [0.4, 0.5) is 4.39 Å². The van der Waals surface area contributed by atoms with Gasteiger partial charge < -0.3 is 9.84 Å². The van der Waals surface area contributed by atoms with E-state index in [9.17, 15) is 17.6 Å². The predicted octanol–water partition coefficient (Wildman–Crippen LogP) is 2.02. The van der Waals surface area contributed by atoms with E-state index in [4.69, 9.17) is 9.84 Å². The fourth-order valence-electron chi connectivity index (χ4n) is 2.15. The maximum Gasteiger partial charge on any atom is 0.303 e. The number of aliphatic carboxylic acids is 1. The van der Waals surface area contributed by atoms with Crippen LogP contribution >= 0.6 is 0 Å². The van der Waals surface area contributed by atoms with E-state index in [1.807, 2.05) is 6.08 Å². The zero-order chi connectivity index (χ0) is 16.9. The minimum Gasteiger partial charge on any atom is -0.491 e. The van der Waals surface area contributed by atoms with Gasteiger partial charge in [-0.05, 0) is 31.0 Å². The second-order valence-electron chi connectivity index (χ2n) is 5.06. The SMILES string of the molecule is O=C(O)CCCOc1ccc(S(=O)(=O)N2CC=CCC2)cc1F. The molecule has 6 nitrogen and oxygen atoms in total. The van der Waals surface area contributed by atoms with E-state index >= 15 is 0 Å². The summed E-state index contributed by atoms with van der Waals surface area (Å²) < 4.78 is 45.2. The number of carboxylic acids is 1. The number of rotatable bonds is 7. The number of sulfonamides is 1. The third-order valence-corrected chi connectivity index (χ3v) is 5.22. The van der Waals surface area contributed by atoms with Crippen molar-refractivity contribution < 1.29 is 27.4 Å². The summed E-state index contributed by atoms with van der Waals surface area (Å²) >= 11 is 0. The van der Waals surface area contributed by atoms with Crippen molar-refractivity contribution in [1.82, 2.24) is 4.31 Å². The summed E-state index contributed by atoms with van der Waals surface area (Å²) in [6.45, 7) is 0.692. The van der Waals surface area contributed by atoms with E-state index in [1.165, 1.54) is 16.4 Å². The first-order chi connectivity index (χ1) is 10.9. The first-order valence-electron chi connectivity index (χ1n) is 7.20. The normalized spacial score (nSPS) is 15.5. The molecule has 0 saturated carbocycles. The van der Waals surface area contributed by atoms with E-state index in [0.717, 1.165) is 6.07 Å². The van der Waals surface area contributed by atoms with Crippen LogP contribution < -0.4 is 4.74 Å². The van der Waals surface area contributed by atoms with Crippen LogP contribution in [-0.2, 0) is 14.8 Å².